The molecule has 0 fully saturated rings. The summed E-state index contributed by atoms with van der Waals surface area (Å²) in [6.45, 7) is 2.66. The number of imidazole rings is 1. The van der Waals surface area contributed by atoms with Crippen LogP contribution in [-0.4, -0.2) is 16.0 Å². The summed E-state index contributed by atoms with van der Waals surface area (Å²) in [5.41, 5.74) is 3.20. The van der Waals surface area contributed by atoms with Crippen molar-refractivity contribution in [2.75, 3.05) is 6.61 Å². The first-order valence-corrected chi connectivity index (χ1v) is 11.9. The molecule has 2 aromatic heterocycles. The smallest absolute Gasteiger partial charge is 0.274 e. The van der Waals surface area contributed by atoms with Crippen molar-refractivity contribution >= 4 is 56.6 Å². The second-order valence-corrected chi connectivity index (χ2v) is 9.15. The third-order valence-corrected chi connectivity index (χ3v) is 6.66. The lowest BCUT2D eigenvalue weighted by Crippen LogP contribution is -2.22. The lowest BCUT2D eigenvalue weighted by Gasteiger charge is -2.13. The van der Waals surface area contributed by atoms with Crippen LogP contribution in [0.1, 0.15) is 18.1 Å². The zero-order valence-electron chi connectivity index (χ0n) is 17.5. The van der Waals surface area contributed by atoms with Gasteiger partial charge < -0.3 is 9.47 Å². The molecule has 2 heterocycles. The molecule has 0 spiro atoms. The van der Waals surface area contributed by atoms with E-state index in [1.165, 1.54) is 11.3 Å². The summed E-state index contributed by atoms with van der Waals surface area (Å²) in [6.07, 6.45) is 1.85. The Balaban J connectivity index is 1.48. The molecule has 0 atom stereocenters. The fraction of sp³-hybridized carbons (Fsp3) is 0.120. The lowest BCUT2D eigenvalue weighted by molar-refractivity contribution is 0.269. The zero-order chi connectivity index (χ0) is 22.9. The summed E-state index contributed by atoms with van der Waals surface area (Å²) in [5, 5.41) is 1.12. The fourth-order valence-corrected chi connectivity index (χ4v) is 5.01. The summed E-state index contributed by atoms with van der Waals surface area (Å²) < 4.78 is 14.0. The van der Waals surface area contributed by atoms with Crippen molar-refractivity contribution in [3.63, 3.8) is 0 Å². The second-order valence-electron chi connectivity index (χ2n) is 7.30. The van der Waals surface area contributed by atoms with Gasteiger partial charge in [-0.3, -0.25) is 4.79 Å². The second kappa shape index (κ2) is 9.06. The van der Waals surface area contributed by atoms with Crippen molar-refractivity contribution in [2.45, 2.75) is 13.5 Å². The van der Waals surface area contributed by atoms with Crippen LogP contribution >= 0.6 is 34.5 Å². The Morgan fingerprint density at radius 3 is 2.70 bits per heavy atom. The highest BCUT2D eigenvalue weighted by Gasteiger charge is 2.12. The van der Waals surface area contributed by atoms with Gasteiger partial charge in [0.1, 0.15) is 6.61 Å². The largest absolute Gasteiger partial charge is 0.490 e. The van der Waals surface area contributed by atoms with Gasteiger partial charge in [-0.25, -0.2) is 9.38 Å². The van der Waals surface area contributed by atoms with E-state index >= 15 is 0 Å². The van der Waals surface area contributed by atoms with Gasteiger partial charge in [0.15, 0.2) is 16.5 Å². The summed E-state index contributed by atoms with van der Waals surface area (Å²) in [4.78, 5) is 18.3. The maximum absolute atomic E-state index is 13.0. The number of thiazole rings is 1. The fourth-order valence-electron chi connectivity index (χ4n) is 3.56. The van der Waals surface area contributed by atoms with Crippen molar-refractivity contribution in [1.29, 1.82) is 0 Å². The van der Waals surface area contributed by atoms with Crippen LogP contribution in [0.25, 0.3) is 22.1 Å². The normalized spacial score (nSPS) is 12.0. The highest BCUT2D eigenvalue weighted by atomic mass is 35.5. The quantitative estimate of drug-likeness (QED) is 0.300. The molecular formula is C25H18Cl2N2O3S. The standard InChI is InChI=1S/C25H18Cl2N2O3S/c1-2-31-22-11-15(7-10-21(22)32-14-16-8-9-17(26)13-18(16)27)12-23-24(30)29-20-6-4-3-5-19(20)28-25(29)33-23/h3-13H,2,14H2,1H3/b23-12-. The van der Waals surface area contributed by atoms with E-state index in [1.54, 1.807) is 16.5 Å². The monoisotopic (exact) mass is 496 g/mol. The Morgan fingerprint density at radius 2 is 1.88 bits per heavy atom. The van der Waals surface area contributed by atoms with Gasteiger partial charge in [-0.1, -0.05) is 58.8 Å². The average Bonchev–Trinajstić information content (AvgIpc) is 3.30. The topological polar surface area (TPSA) is 52.8 Å². The number of fused-ring (bicyclic) bond motifs is 3. The van der Waals surface area contributed by atoms with E-state index in [0.717, 1.165) is 22.2 Å². The number of nitrogens with zero attached hydrogens (tertiary/aromatic N) is 2. The van der Waals surface area contributed by atoms with E-state index < -0.39 is 0 Å². The number of para-hydroxylation sites is 2. The third-order valence-electron chi connectivity index (χ3n) is 5.11. The van der Waals surface area contributed by atoms with E-state index in [0.29, 0.717) is 37.6 Å². The van der Waals surface area contributed by atoms with Gasteiger partial charge >= 0.3 is 0 Å². The third kappa shape index (κ3) is 4.29. The van der Waals surface area contributed by atoms with Crippen molar-refractivity contribution in [1.82, 2.24) is 9.38 Å². The summed E-state index contributed by atoms with van der Waals surface area (Å²) in [7, 11) is 0. The molecule has 0 unspecified atom stereocenters. The lowest BCUT2D eigenvalue weighted by atomic mass is 10.2. The van der Waals surface area contributed by atoms with E-state index in [-0.39, 0.29) is 12.2 Å². The number of benzene rings is 3. The van der Waals surface area contributed by atoms with Crippen LogP contribution in [0.3, 0.4) is 0 Å². The van der Waals surface area contributed by atoms with Crippen LogP contribution in [0, 0.1) is 0 Å². The minimum atomic E-state index is -0.0839. The van der Waals surface area contributed by atoms with Crippen LogP contribution in [0.2, 0.25) is 10.0 Å². The molecule has 5 rings (SSSR count). The Morgan fingerprint density at radius 1 is 1.03 bits per heavy atom. The van der Waals surface area contributed by atoms with Gasteiger partial charge in [-0.15, -0.1) is 0 Å². The van der Waals surface area contributed by atoms with Crippen LogP contribution in [0.15, 0.2) is 65.5 Å². The maximum atomic E-state index is 13.0. The predicted octanol–water partition coefficient (Wildman–Crippen LogP) is 5.74. The first kappa shape index (κ1) is 21.8. The number of aromatic nitrogens is 2. The molecule has 0 aliphatic heterocycles. The van der Waals surface area contributed by atoms with E-state index in [2.05, 4.69) is 4.98 Å². The van der Waals surface area contributed by atoms with Crippen LogP contribution in [0.5, 0.6) is 11.5 Å². The molecule has 0 N–H and O–H groups in total. The number of hydrogen-bond donors (Lipinski definition) is 0. The van der Waals surface area contributed by atoms with E-state index in [4.69, 9.17) is 32.7 Å². The molecule has 33 heavy (non-hydrogen) atoms. The van der Waals surface area contributed by atoms with Gasteiger partial charge in [-0.05, 0) is 55.0 Å². The highest BCUT2D eigenvalue weighted by Crippen LogP contribution is 2.31. The Labute approximate surface area is 203 Å². The minimum Gasteiger partial charge on any atom is -0.490 e. The molecule has 166 valence electrons. The van der Waals surface area contributed by atoms with Gasteiger partial charge in [0.25, 0.3) is 5.56 Å². The van der Waals surface area contributed by atoms with Crippen LogP contribution in [-0.2, 0) is 6.61 Å². The highest BCUT2D eigenvalue weighted by molar-refractivity contribution is 7.15. The number of hydrogen-bond acceptors (Lipinski definition) is 5. The minimum absolute atomic E-state index is 0.0839. The van der Waals surface area contributed by atoms with Crippen LogP contribution < -0.4 is 19.6 Å². The predicted molar refractivity (Wildman–Crippen MR) is 134 cm³/mol. The molecule has 0 saturated heterocycles. The maximum Gasteiger partial charge on any atom is 0.274 e. The Kier molecular flexibility index (Phi) is 5.98. The summed E-state index contributed by atoms with van der Waals surface area (Å²) in [6, 6.07) is 18.5. The first-order chi connectivity index (χ1) is 16.0. The molecule has 0 saturated carbocycles. The van der Waals surface area contributed by atoms with E-state index in [1.807, 2.05) is 61.5 Å². The molecule has 0 bridgehead atoms. The molecule has 3 aromatic carbocycles. The Hall–Kier alpha value is -3.06. The molecule has 8 heteroatoms. The van der Waals surface area contributed by atoms with Gasteiger partial charge in [0, 0.05) is 15.6 Å². The summed E-state index contributed by atoms with van der Waals surface area (Å²) >= 11 is 13.6. The molecule has 0 amide bonds. The molecular weight excluding hydrogens is 479 g/mol. The number of halogens is 2. The number of rotatable bonds is 6. The van der Waals surface area contributed by atoms with Gasteiger partial charge in [0.2, 0.25) is 0 Å². The van der Waals surface area contributed by atoms with E-state index in [9.17, 15) is 4.79 Å². The Bertz CT molecular complexity index is 1590. The summed E-state index contributed by atoms with van der Waals surface area (Å²) in [5.74, 6) is 1.19. The molecule has 0 aliphatic rings. The zero-order valence-corrected chi connectivity index (χ0v) is 19.9. The molecule has 0 radical (unpaired) electrons. The SMILES string of the molecule is CCOc1cc(/C=c2\sc3nc4ccccc4n3c2=O)ccc1OCc1ccc(Cl)cc1Cl. The van der Waals surface area contributed by atoms with Crippen molar-refractivity contribution < 1.29 is 9.47 Å². The average molecular weight is 497 g/mol. The van der Waals surface area contributed by atoms with Crippen molar-refractivity contribution in [3.05, 3.63) is 96.7 Å². The van der Waals surface area contributed by atoms with Gasteiger partial charge in [-0.2, -0.15) is 0 Å². The number of ether oxygens (including phenoxy) is 2. The van der Waals surface area contributed by atoms with Crippen LogP contribution in [0.4, 0.5) is 0 Å². The van der Waals surface area contributed by atoms with Crippen molar-refractivity contribution in [3.8, 4) is 11.5 Å². The molecule has 5 aromatic rings. The van der Waals surface area contributed by atoms with Crippen molar-refractivity contribution in [2.24, 2.45) is 0 Å². The molecule has 0 aliphatic carbocycles. The first-order valence-electron chi connectivity index (χ1n) is 10.3. The molecule has 5 nitrogen and oxygen atoms in total. The van der Waals surface area contributed by atoms with Gasteiger partial charge in [0.05, 0.1) is 22.2 Å².